The zero-order valence-electron chi connectivity index (χ0n) is 25.0. The lowest BCUT2D eigenvalue weighted by molar-refractivity contribution is -0.145. The minimum atomic E-state index is -4.56. The van der Waals surface area contributed by atoms with Crippen LogP contribution in [-0.2, 0) is 15.8 Å². The molecule has 0 saturated carbocycles. The lowest BCUT2D eigenvalue weighted by Crippen LogP contribution is -2.53. The van der Waals surface area contributed by atoms with Crippen molar-refractivity contribution >= 4 is 11.9 Å². The van der Waals surface area contributed by atoms with Crippen molar-refractivity contribution in [1.29, 1.82) is 0 Å². The molecule has 4 rings (SSSR count). The molecule has 2 aliphatic heterocycles. The standard InChI is InChI=1S/C32H40F4N2O5/c1-30(2,3)38-19-26(22-7-10-24(42-4)11-8-22)31(33,20-38)29(41)37-15-13-21(14-16-37)25-12-9-23(32(34,35)36)18-27(25)43-17-5-6-28(39)40/h7-12,18,21,26H,5-6,13-17,19-20H2,1-4H3,(H,39,40)/t26-,31-/m0/s1. The molecule has 7 nitrogen and oxygen atoms in total. The maximum absolute atomic E-state index is 17.0. The number of nitrogens with zero attached hydrogens (tertiary/aromatic N) is 2. The molecule has 0 spiro atoms. The van der Waals surface area contributed by atoms with Gasteiger partial charge in [-0.1, -0.05) is 18.2 Å². The van der Waals surface area contributed by atoms with Crippen molar-refractivity contribution in [2.45, 2.75) is 75.7 Å². The number of piperidine rings is 1. The molecule has 11 heteroatoms. The van der Waals surface area contributed by atoms with Crippen molar-refractivity contribution in [2.24, 2.45) is 0 Å². The molecule has 2 saturated heterocycles. The van der Waals surface area contributed by atoms with Crippen LogP contribution >= 0.6 is 0 Å². The van der Waals surface area contributed by atoms with E-state index in [9.17, 15) is 22.8 Å². The van der Waals surface area contributed by atoms with Gasteiger partial charge in [-0.2, -0.15) is 13.2 Å². The topological polar surface area (TPSA) is 79.3 Å². The number of carboxylic acid groups (broad SMARTS) is 1. The van der Waals surface area contributed by atoms with Crippen LogP contribution in [0.3, 0.4) is 0 Å². The second-order valence-electron chi connectivity index (χ2n) is 12.4. The fraction of sp³-hybridized carbons (Fsp3) is 0.562. The van der Waals surface area contributed by atoms with Crippen LogP contribution in [0.2, 0.25) is 0 Å². The van der Waals surface area contributed by atoms with Gasteiger partial charge >= 0.3 is 12.1 Å². The average molecular weight is 609 g/mol. The molecule has 43 heavy (non-hydrogen) atoms. The number of hydrogen-bond donors (Lipinski definition) is 1. The maximum Gasteiger partial charge on any atom is 0.416 e. The van der Waals surface area contributed by atoms with Gasteiger partial charge < -0.3 is 19.5 Å². The highest BCUT2D eigenvalue weighted by Gasteiger charge is 2.57. The SMILES string of the molecule is COc1ccc([C@@H]2CN(C(C)(C)C)C[C@@]2(F)C(=O)N2CCC(c3ccc(C(F)(F)F)cc3OCCCC(=O)O)CC2)cc1. The molecule has 2 aromatic carbocycles. The molecular weight excluding hydrogens is 568 g/mol. The largest absolute Gasteiger partial charge is 0.497 e. The number of likely N-dealkylation sites (tertiary alicyclic amines) is 2. The number of aliphatic carboxylic acids is 1. The lowest BCUT2D eigenvalue weighted by Gasteiger charge is -2.38. The molecule has 0 unspecified atom stereocenters. The van der Waals surface area contributed by atoms with Crippen molar-refractivity contribution < 1.29 is 41.7 Å². The minimum absolute atomic E-state index is 0.0423. The molecule has 0 bridgehead atoms. The van der Waals surface area contributed by atoms with Gasteiger partial charge in [-0.15, -0.1) is 0 Å². The summed E-state index contributed by atoms with van der Waals surface area (Å²) in [5.74, 6) is -1.77. The van der Waals surface area contributed by atoms with E-state index in [4.69, 9.17) is 14.6 Å². The Morgan fingerprint density at radius 1 is 1.05 bits per heavy atom. The van der Waals surface area contributed by atoms with Crippen LogP contribution in [0.5, 0.6) is 11.5 Å². The van der Waals surface area contributed by atoms with Crippen LogP contribution in [0, 0.1) is 0 Å². The quantitative estimate of drug-likeness (QED) is 0.267. The van der Waals surface area contributed by atoms with Crippen LogP contribution in [0.1, 0.15) is 75.0 Å². The maximum atomic E-state index is 17.0. The Labute approximate surface area is 249 Å². The number of carbonyl (C=O) groups excluding carboxylic acids is 1. The highest BCUT2D eigenvalue weighted by atomic mass is 19.4. The molecule has 2 aliphatic rings. The van der Waals surface area contributed by atoms with Gasteiger partial charge in [0.05, 0.1) is 19.3 Å². The van der Waals surface area contributed by atoms with Gasteiger partial charge in [0.25, 0.3) is 5.91 Å². The molecule has 2 aromatic rings. The summed E-state index contributed by atoms with van der Waals surface area (Å²) >= 11 is 0. The van der Waals surface area contributed by atoms with Gasteiger partial charge in [0, 0.05) is 44.1 Å². The number of halogens is 4. The fourth-order valence-electron chi connectivity index (χ4n) is 5.99. The van der Waals surface area contributed by atoms with Gasteiger partial charge in [-0.25, -0.2) is 4.39 Å². The van der Waals surface area contributed by atoms with Gasteiger partial charge in [-0.3, -0.25) is 14.5 Å². The van der Waals surface area contributed by atoms with Crippen LogP contribution in [0.25, 0.3) is 0 Å². The van der Waals surface area contributed by atoms with E-state index in [-0.39, 0.29) is 56.3 Å². The van der Waals surface area contributed by atoms with E-state index >= 15 is 4.39 Å². The summed E-state index contributed by atoms with van der Waals surface area (Å²) in [6, 6.07) is 10.5. The first-order valence-electron chi connectivity index (χ1n) is 14.6. The number of amides is 1. The average Bonchev–Trinajstić information content (AvgIpc) is 3.33. The summed E-state index contributed by atoms with van der Waals surface area (Å²) in [6.45, 7) is 6.77. The number of carboxylic acids is 1. The molecule has 2 atom stereocenters. The number of carbonyl (C=O) groups is 2. The van der Waals surface area contributed by atoms with E-state index in [2.05, 4.69) is 0 Å². The molecule has 0 aliphatic carbocycles. The Balaban J connectivity index is 1.51. The fourth-order valence-corrected chi connectivity index (χ4v) is 5.99. The smallest absolute Gasteiger partial charge is 0.416 e. The first-order chi connectivity index (χ1) is 20.1. The molecule has 2 heterocycles. The number of alkyl halides is 4. The highest BCUT2D eigenvalue weighted by Crippen LogP contribution is 2.45. The Bertz CT molecular complexity index is 1290. The van der Waals surface area contributed by atoms with E-state index in [1.165, 1.54) is 11.0 Å². The van der Waals surface area contributed by atoms with Gasteiger partial charge in [0.1, 0.15) is 11.5 Å². The van der Waals surface area contributed by atoms with E-state index in [0.29, 0.717) is 36.3 Å². The van der Waals surface area contributed by atoms with E-state index < -0.39 is 35.2 Å². The van der Waals surface area contributed by atoms with Crippen molar-refractivity contribution in [2.75, 3.05) is 39.9 Å². The third kappa shape index (κ3) is 7.42. The molecular formula is C32H40F4N2O5. The van der Waals surface area contributed by atoms with Gasteiger partial charge in [0.15, 0.2) is 0 Å². The van der Waals surface area contributed by atoms with E-state index in [0.717, 1.165) is 12.1 Å². The van der Waals surface area contributed by atoms with Crippen molar-refractivity contribution in [1.82, 2.24) is 9.80 Å². The zero-order chi connectivity index (χ0) is 31.6. The number of hydrogen-bond acceptors (Lipinski definition) is 5. The number of methoxy groups -OCH3 is 1. The lowest BCUT2D eigenvalue weighted by atomic mass is 9.83. The number of rotatable bonds is 9. The molecule has 0 radical (unpaired) electrons. The summed E-state index contributed by atoms with van der Waals surface area (Å²) in [6.07, 6.45) is -3.73. The summed E-state index contributed by atoms with van der Waals surface area (Å²) in [5, 5.41) is 8.87. The van der Waals surface area contributed by atoms with Gasteiger partial charge in [0.2, 0.25) is 5.67 Å². The van der Waals surface area contributed by atoms with Gasteiger partial charge in [-0.05, 0) is 81.3 Å². The monoisotopic (exact) mass is 608 g/mol. The van der Waals surface area contributed by atoms with E-state index in [1.807, 2.05) is 25.7 Å². The van der Waals surface area contributed by atoms with Crippen molar-refractivity contribution in [3.05, 3.63) is 59.2 Å². The predicted molar refractivity (Wildman–Crippen MR) is 153 cm³/mol. The molecule has 236 valence electrons. The first kappa shape index (κ1) is 32.6. The zero-order valence-corrected chi connectivity index (χ0v) is 25.0. The Hall–Kier alpha value is -3.34. The summed E-state index contributed by atoms with van der Waals surface area (Å²) in [7, 11) is 1.55. The molecule has 1 N–H and O–H groups in total. The summed E-state index contributed by atoms with van der Waals surface area (Å²) < 4.78 is 68.2. The summed E-state index contributed by atoms with van der Waals surface area (Å²) in [5.41, 5.74) is -2.07. The normalized spacial score (nSPS) is 22.0. The second kappa shape index (κ2) is 12.7. The minimum Gasteiger partial charge on any atom is -0.497 e. The third-order valence-electron chi connectivity index (χ3n) is 8.55. The van der Waals surface area contributed by atoms with Crippen molar-refractivity contribution in [3.8, 4) is 11.5 Å². The highest BCUT2D eigenvalue weighted by molar-refractivity contribution is 5.87. The van der Waals surface area contributed by atoms with Crippen molar-refractivity contribution in [3.63, 3.8) is 0 Å². The van der Waals surface area contributed by atoms with Crippen LogP contribution in [-0.4, -0.2) is 77.9 Å². The Morgan fingerprint density at radius 2 is 1.70 bits per heavy atom. The first-order valence-corrected chi connectivity index (χ1v) is 14.6. The molecule has 1 amide bonds. The van der Waals surface area contributed by atoms with Crippen LogP contribution in [0.15, 0.2) is 42.5 Å². The van der Waals surface area contributed by atoms with Crippen LogP contribution < -0.4 is 9.47 Å². The number of benzene rings is 2. The van der Waals surface area contributed by atoms with E-state index in [1.54, 1.807) is 31.4 Å². The van der Waals surface area contributed by atoms with Crippen LogP contribution in [0.4, 0.5) is 17.6 Å². The predicted octanol–water partition coefficient (Wildman–Crippen LogP) is 6.27. The third-order valence-corrected chi connectivity index (χ3v) is 8.55. The molecule has 2 fully saturated rings. The summed E-state index contributed by atoms with van der Waals surface area (Å²) in [4.78, 5) is 28.3. The second-order valence-corrected chi connectivity index (χ2v) is 12.4. The molecule has 0 aromatic heterocycles. The Kier molecular flexibility index (Phi) is 9.63. The Morgan fingerprint density at radius 3 is 2.26 bits per heavy atom. The number of ether oxygens (including phenoxy) is 2.